The number of H-pyrrole nitrogens is 1. The molecular formula is C14H14N2O2. The Labute approximate surface area is 105 Å². The highest BCUT2D eigenvalue weighted by Crippen LogP contribution is 2.27. The molecule has 1 aromatic heterocycles. The van der Waals surface area contributed by atoms with Crippen LogP contribution in [-0.4, -0.2) is 17.1 Å². The van der Waals surface area contributed by atoms with Crippen molar-refractivity contribution in [2.24, 2.45) is 0 Å². The maximum absolute atomic E-state index is 12.0. The predicted molar refractivity (Wildman–Crippen MR) is 68.9 cm³/mol. The van der Waals surface area contributed by atoms with E-state index in [4.69, 9.17) is 4.74 Å². The van der Waals surface area contributed by atoms with Crippen LogP contribution >= 0.6 is 0 Å². The van der Waals surface area contributed by atoms with Crippen molar-refractivity contribution in [3.05, 3.63) is 45.9 Å². The Morgan fingerprint density at radius 2 is 2.11 bits per heavy atom. The highest BCUT2D eigenvalue weighted by Gasteiger charge is 2.18. The second-order valence-corrected chi connectivity index (χ2v) is 4.39. The number of methoxy groups -OCH3 is 1. The van der Waals surface area contributed by atoms with Crippen LogP contribution in [0.1, 0.15) is 17.7 Å². The van der Waals surface area contributed by atoms with Crippen molar-refractivity contribution in [2.75, 3.05) is 7.11 Å². The third kappa shape index (κ3) is 1.70. The van der Waals surface area contributed by atoms with Gasteiger partial charge in [0.2, 0.25) is 0 Å². The molecule has 0 saturated heterocycles. The van der Waals surface area contributed by atoms with Gasteiger partial charge in [0, 0.05) is 5.56 Å². The molecule has 0 atom stereocenters. The Hall–Kier alpha value is -2.10. The third-order valence-electron chi connectivity index (χ3n) is 3.30. The van der Waals surface area contributed by atoms with Crippen molar-refractivity contribution in [2.45, 2.75) is 19.3 Å². The van der Waals surface area contributed by atoms with Gasteiger partial charge in [-0.1, -0.05) is 12.1 Å². The fourth-order valence-corrected chi connectivity index (χ4v) is 2.41. The molecule has 0 fully saturated rings. The number of rotatable bonds is 2. The van der Waals surface area contributed by atoms with Crippen molar-refractivity contribution in [3.63, 3.8) is 0 Å². The van der Waals surface area contributed by atoms with E-state index in [0.29, 0.717) is 5.82 Å². The Balaban J connectivity index is 2.18. The first-order chi connectivity index (χ1) is 8.79. The van der Waals surface area contributed by atoms with E-state index in [1.54, 1.807) is 7.11 Å². The molecule has 4 nitrogen and oxygen atoms in total. The lowest BCUT2D eigenvalue weighted by molar-refractivity contribution is 0.416. The highest BCUT2D eigenvalue weighted by atomic mass is 16.5. The quantitative estimate of drug-likeness (QED) is 0.875. The lowest BCUT2D eigenvalue weighted by atomic mass is 10.1. The van der Waals surface area contributed by atoms with E-state index in [1.807, 2.05) is 24.3 Å². The Morgan fingerprint density at radius 1 is 1.28 bits per heavy atom. The van der Waals surface area contributed by atoms with Gasteiger partial charge in [-0.2, -0.15) is 0 Å². The average molecular weight is 242 g/mol. The number of para-hydroxylation sites is 1. The van der Waals surface area contributed by atoms with E-state index in [1.165, 1.54) is 0 Å². The molecule has 0 amide bonds. The van der Waals surface area contributed by atoms with Gasteiger partial charge >= 0.3 is 0 Å². The van der Waals surface area contributed by atoms with E-state index in [0.717, 1.165) is 41.8 Å². The minimum Gasteiger partial charge on any atom is -0.496 e. The van der Waals surface area contributed by atoms with Crippen LogP contribution in [0.4, 0.5) is 0 Å². The van der Waals surface area contributed by atoms with E-state index < -0.39 is 0 Å². The normalized spacial score (nSPS) is 13.4. The van der Waals surface area contributed by atoms with E-state index in [2.05, 4.69) is 9.97 Å². The number of hydrogen-bond donors (Lipinski definition) is 1. The molecule has 18 heavy (non-hydrogen) atoms. The summed E-state index contributed by atoms with van der Waals surface area (Å²) in [5.41, 5.74) is 2.58. The molecule has 0 unspecified atom stereocenters. The molecule has 1 aliphatic carbocycles. The molecular weight excluding hydrogens is 228 g/mol. The van der Waals surface area contributed by atoms with Crippen LogP contribution in [0.5, 0.6) is 5.75 Å². The molecule has 1 aromatic carbocycles. The second-order valence-electron chi connectivity index (χ2n) is 4.39. The maximum atomic E-state index is 12.0. The summed E-state index contributed by atoms with van der Waals surface area (Å²) in [7, 11) is 1.62. The summed E-state index contributed by atoms with van der Waals surface area (Å²) in [5, 5.41) is 0. The van der Waals surface area contributed by atoms with Gasteiger partial charge in [0.25, 0.3) is 5.56 Å². The number of hydrogen-bond acceptors (Lipinski definition) is 3. The summed E-state index contributed by atoms with van der Waals surface area (Å²) >= 11 is 0. The van der Waals surface area contributed by atoms with Crippen LogP contribution < -0.4 is 10.3 Å². The number of nitrogens with one attached hydrogen (secondary N) is 1. The van der Waals surface area contributed by atoms with Crippen molar-refractivity contribution < 1.29 is 4.74 Å². The minimum absolute atomic E-state index is 0.0154. The number of aryl methyl sites for hydroxylation is 1. The predicted octanol–water partition coefficient (Wildman–Crippen LogP) is 1.93. The van der Waals surface area contributed by atoms with E-state index in [-0.39, 0.29) is 5.56 Å². The number of nitrogens with zero attached hydrogens (tertiary/aromatic N) is 1. The zero-order chi connectivity index (χ0) is 12.5. The minimum atomic E-state index is -0.0154. The van der Waals surface area contributed by atoms with Crippen molar-refractivity contribution >= 4 is 0 Å². The molecule has 1 aliphatic rings. The van der Waals surface area contributed by atoms with Crippen molar-refractivity contribution in [1.82, 2.24) is 9.97 Å². The monoisotopic (exact) mass is 242 g/mol. The van der Waals surface area contributed by atoms with Gasteiger partial charge < -0.3 is 9.72 Å². The third-order valence-corrected chi connectivity index (χ3v) is 3.30. The number of aromatic nitrogens is 2. The summed E-state index contributed by atoms with van der Waals surface area (Å²) in [6.07, 6.45) is 2.74. The molecule has 1 heterocycles. The Kier molecular flexibility index (Phi) is 2.63. The summed E-state index contributed by atoms with van der Waals surface area (Å²) in [5.74, 6) is 1.32. The number of ether oxygens (including phenoxy) is 1. The number of fused-ring (bicyclic) bond motifs is 1. The average Bonchev–Trinajstić information content (AvgIpc) is 2.87. The maximum Gasteiger partial charge on any atom is 0.254 e. The first-order valence-electron chi connectivity index (χ1n) is 6.05. The number of aromatic amines is 1. The second kappa shape index (κ2) is 4.29. The topological polar surface area (TPSA) is 55.0 Å². The van der Waals surface area contributed by atoms with Crippen molar-refractivity contribution in [3.8, 4) is 17.1 Å². The molecule has 4 heteroatoms. The molecule has 0 saturated carbocycles. The standard InChI is InChI=1S/C14H14N2O2/c1-18-12-8-3-2-5-10(12)13-15-11-7-4-6-9(11)14(17)16-13/h2-3,5,8H,4,6-7H2,1H3,(H,15,16,17). The van der Waals surface area contributed by atoms with Gasteiger partial charge in [-0.25, -0.2) is 4.98 Å². The first-order valence-corrected chi connectivity index (χ1v) is 6.05. The molecule has 2 aromatic rings. The van der Waals surface area contributed by atoms with Gasteiger partial charge in [-0.15, -0.1) is 0 Å². The van der Waals surface area contributed by atoms with Crippen LogP contribution in [-0.2, 0) is 12.8 Å². The van der Waals surface area contributed by atoms with Crippen molar-refractivity contribution in [1.29, 1.82) is 0 Å². The highest BCUT2D eigenvalue weighted by molar-refractivity contribution is 5.64. The van der Waals surface area contributed by atoms with Crippen LogP contribution in [0.25, 0.3) is 11.4 Å². The Bertz CT molecular complexity index is 646. The fourth-order valence-electron chi connectivity index (χ4n) is 2.41. The van der Waals surface area contributed by atoms with Gasteiger partial charge in [-0.05, 0) is 31.4 Å². The first kappa shape index (κ1) is 11.0. The zero-order valence-electron chi connectivity index (χ0n) is 10.2. The molecule has 0 radical (unpaired) electrons. The SMILES string of the molecule is COc1ccccc1-c1nc2c(c(=O)[nH]1)CCC2. The molecule has 0 spiro atoms. The molecule has 92 valence electrons. The van der Waals surface area contributed by atoms with Gasteiger partial charge in [0.05, 0.1) is 18.4 Å². The van der Waals surface area contributed by atoms with Gasteiger partial charge in [-0.3, -0.25) is 4.79 Å². The summed E-state index contributed by atoms with van der Waals surface area (Å²) < 4.78 is 5.30. The molecule has 3 rings (SSSR count). The van der Waals surface area contributed by atoms with Crippen LogP contribution in [0.2, 0.25) is 0 Å². The summed E-state index contributed by atoms with van der Waals surface area (Å²) in [4.78, 5) is 19.4. The lowest BCUT2D eigenvalue weighted by Crippen LogP contribution is -2.15. The Morgan fingerprint density at radius 3 is 2.94 bits per heavy atom. The smallest absolute Gasteiger partial charge is 0.254 e. The fraction of sp³-hybridized carbons (Fsp3) is 0.286. The lowest BCUT2D eigenvalue weighted by Gasteiger charge is -2.08. The van der Waals surface area contributed by atoms with Gasteiger partial charge in [0.15, 0.2) is 0 Å². The summed E-state index contributed by atoms with van der Waals surface area (Å²) in [6.45, 7) is 0. The van der Waals surface area contributed by atoms with Crippen LogP contribution in [0, 0.1) is 0 Å². The molecule has 0 bridgehead atoms. The van der Waals surface area contributed by atoms with Crippen LogP contribution in [0.15, 0.2) is 29.1 Å². The zero-order valence-corrected chi connectivity index (χ0v) is 10.2. The van der Waals surface area contributed by atoms with E-state index in [9.17, 15) is 4.79 Å². The van der Waals surface area contributed by atoms with Crippen LogP contribution in [0.3, 0.4) is 0 Å². The molecule has 0 aliphatic heterocycles. The van der Waals surface area contributed by atoms with Gasteiger partial charge in [0.1, 0.15) is 11.6 Å². The molecule has 1 N–H and O–H groups in total. The van der Waals surface area contributed by atoms with E-state index >= 15 is 0 Å². The largest absolute Gasteiger partial charge is 0.496 e. The summed E-state index contributed by atoms with van der Waals surface area (Å²) in [6, 6.07) is 7.57. The number of benzene rings is 1.